The van der Waals surface area contributed by atoms with E-state index in [0.29, 0.717) is 12.3 Å². The highest BCUT2D eigenvalue weighted by atomic mass is 16.3. The molecule has 3 heteroatoms. The Morgan fingerprint density at radius 3 is 2.67 bits per heavy atom. The number of likely N-dealkylation sites (tertiary alicyclic amines) is 1. The molecule has 2 aliphatic rings. The van der Waals surface area contributed by atoms with Crippen LogP contribution >= 0.6 is 0 Å². The second-order valence-electron chi connectivity index (χ2n) is 6.42. The van der Waals surface area contributed by atoms with Crippen molar-refractivity contribution >= 4 is 5.91 Å². The standard InChI is InChI=1S/C15H27NO2/c1-15(18)9-4-11-16(12-10-15)14(17)8-7-13-5-2-3-6-13/h13,18H,2-12H2,1H3. The Hall–Kier alpha value is -0.570. The monoisotopic (exact) mass is 253 g/mol. The first-order chi connectivity index (χ1) is 8.57. The summed E-state index contributed by atoms with van der Waals surface area (Å²) in [6, 6.07) is 0. The second kappa shape index (κ2) is 6.05. The summed E-state index contributed by atoms with van der Waals surface area (Å²) in [4.78, 5) is 14.1. The first kappa shape index (κ1) is 13.9. The number of aliphatic hydroxyl groups is 1. The van der Waals surface area contributed by atoms with Gasteiger partial charge >= 0.3 is 0 Å². The zero-order valence-electron chi connectivity index (χ0n) is 11.7. The van der Waals surface area contributed by atoms with Crippen molar-refractivity contribution in [2.24, 2.45) is 5.92 Å². The molecule has 1 heterocycles. The van der Waals surface area contributed by atoms with E-state index in [0.717, 1.165) is 44.7 Å². The summed E-state index contributed by atoms with van der Waals surface area (Å²) in [5.41, 5.74) is -0.569. The Labute approximate surface area is 111 Å². The summed E-state index contributed by atoms with van der Waals surface area (Å²) in [5, 5.41) is 10.0. The molecule has 0 spiro atoms. The molecule has 1 amide bonds. The third-order valence-electron chi connectivity index (χ3n) is 4.66. The van der Waals surface area contributed by atoms with E-state index in [2.05, 4.69) is 0 Å². The van der Waals surface area contributed by atoms with E-state index in [9.17, 15) is 9.90 Å². The predicted molar refractivity (Wildman–Crippen MR) is 72.2 cm³/mol. The van der Waals surface area contributed by atoms with Crippen LogP contribution in [0, 0.1) is 5.92 Å². The number of amides is 1. The minimum atomic E-state index is -0.569. The number of nitrogens with zero attached hydrogens (tertiary/aromatic N) is 1. The lowest BCUT2D eigenvalue weighted by molar-refractivity contribution is -0.131. The normalized spacial score (nSPS) is 30.4. The molecule has 0 aromatic rings. The number of rotatable bonds is 3. The molecule has 2 rings (SSSR count). The molecule has 1 aliphatic heterocycles. The number of carbonyl (C=O) groups is 1. The van der Waals surface area contributed by atoms with Crippen LogP contribution in [0.15, 0.2) is 0 Å². The minimum absolute atomic E-state index is 0.305. The minimum Gasteiger partial charge on any atom is -0.390 e. The van der Waals surface area contributed by atoms with Crippen LogP contribution in [0.5, 0.6) is 0 Å². The maximum Gasteiger partial charge on any atom is 0.222 e. The van der Waals surface area contributed by atoms with Gasteiger partial charge in [-0.15, -0.1) is 0 Å². The highest BCUT2D eigenvalue weighted by Crippen LogP contribution is 2.29. The molecule has 1 saturated carbocycles. The fourth-order valence-corrected chi connectivity index (χ4v) is 3.30. The molecule has 1 aliphatic carbocycles. The molecule has 0 aromatic heterocycles. The molecule has 0 bridgehead atoms. The molecule has 18 heavy (non-hydrogen) atoms. The lowest BCUT2D eigenvalue weighted by Gasteiger charge is -2.23. The van der Waals surface area contributed by atoms with Crippen LogP contribution in [0.3, 0.4) is 0 Å². The van der Waals surface area contributed by atoms with Gasteiger partial charge in [-0.2, -0.15) is 0 Å². The zero-order chi connectivity index (χ0) is 13.0. The van der Waals surface area contributed by atoms with E-state index in [1.165, 1.54) is 25.7 Å². The van der Waals surface area contributed by atoms with Crippen molar-refractivity contribution in [3.63, 3.8) is 0 Å². The Balaban J connectivity index is 1.74. The number of carbonyl (C=O) groups excluding carboxylic acids is 1. The fourth-order valence-electron chi connectivity index (χ4n) is 3.30. The molecule has 3 nitrogen and oxygen atoms in total. The van der Waals surface area contributed by atoms with E-state index < -0.39 is 5.60 Å². The highest BCUT2D eigenvalue weighted by Gasteiger charge is 2.27. The average Bonchev–Trinajstić information content (AvgIpc) is 2.77. The van der Waals surface area contributed by atoms with E-state index in [1.807, 2.05) is 11.8 Å². The summed E-state index contributed by atoms with van der Waals surface area (Å²) >= 11 is 0. The summed E-state index contributed by atoms with van der Waals surface area (Å²) in [6.07, 6.45) is 9.61. The van der Waals surface area contributed by atoms with Gasteiger partial charge in [-0.1, -0.05) is 25.7 Å². The van der Waals surface area contributed by atoms with E-state index in [4.69, 9.17) is 0 Å². The van der Waals surface area contributed by atoms with Gasteiger partial charge in [-0.25, -0.2) is 0 Å². The predicted octanol–water partition coefficient (Wildman–Crippen LogP) is 2.72. The molecule has 1 saturated heterocycles. The van der Waals surface area contributed by atoms with Crippen LogP contribution in [-0.2, 0) is 4.79 Å². The highest BCUT2D eigenvalue weighted by molar-refractivity contribution is 5.76. The first-order valence-electron chi connectivity index (χ1n) is 7.57. The van der Waals surface area contributed by atoms with Gasteiger partial charge in [0.25, 0.3) is 0 Å². The lowest BCUT2D eigenvalue weighted by atomic mass is 9.98. The molecular weight excluding hydrogens is 226 g/mol. The van der Waals surface area contributed by atoms with Gasteiger partial charge in [-0.3, -0.25) is 4.79 Å². The summed E-state index contributed by atoms with van der Waals surface area (Å²) in [6.45, 7) is 3.45. The van der Waals surface area contributed by atoms with Gasteiger partial charge in [0.05, 0.1) is 5.60 Å². The smallest absolute Gasteiger partial charge is 0.222 e. The molecule has 1 unspecified atom stereocenters. The maximum absolute atomic E-state index is 12.2. The van der Waals surface area contributed by atoms with Crippen molar-refractivity contribution in [3.8, 4) is 0 Å². The quantitative estimate of drug-likeness (QED) is 0.840. The molecule has 1 atom stereocenters. The van der Waals surface area contributed by atoms with Gasteiger partial charge in [0.2, 0.25) is 5.91 Å². The van der Waals surface area contributed by atoms with Crippen molar-refractivity contribution in [3.05, 3.63) is 0 Å². The number of hydrogen-bond donors (Lipinski definition) is 1. The third-order valence-corrected chi connectivity index (χ3v) is 4.66. The van der Waals surface area contributed by atoms with Gasteiger partial charge in [0, 0.05) is 19.5 Å². The van der Waals surface area contributed by atoms with Crippen LogP contribution in [0.1, 0.15) is 64.7 Å². The van der Waals surface area contributed by atoms with E-state index >= 15 is 0 Å². The SMILES string of the molecule is CC1(O)CCCN(C(=O)CCC2CCCC2)CC1. The third kappa shape index (κ3) is 3.98. The summed E-state index contributed by atoms with van der Waals surface area (Å²) in [5.74, 6) is 1.10. The van der Waals surface area contributed by atoms with Gasteiger partial charge in [-0.05, 0) is 38.5 Å². The van der Waals surface area contributed by atoms with Crippen LogP contribution < -0.4 is 0 Å². The average molecular weight is 253 g/mol. The molecule has 104 valence electrons. The Morgan fingerprint density at radius 2 is 1.94 bits per heavy atom. The van der Waals surface area contributed by atoms with E-state index in [-0.39, 0.29) is 0 Å². The number of hydrogen-bond acceptors (Lipinski definition) is 2. The molecular formula is C15H27NO2. The van der Waals surface area contributed by atoms with Crippen LogP contribution in [0.2, 0.25) is 0 Å². The molecule has 0 radical (unpaired) electrons. The fraction of sp³-hybridized carbons (Fsp3) is 0.933. The largest absolute Gasteiger partial charge is 0.390 e. The van der Waals surface area contributed by atoms with E-state index in [1.54, 1.807) is 0 Å². The summed E-state index contributed by atoms with van der Waals surface area (Å²) < 4.78 is 0. The van der Waals surface area contributed by atoms with Crippen LogP contribution in [0.4, 0.5) is 0 Å². The van der Waals surface area contributed by atoms with Gasteiger partial charge in [0.1, 0.15) is 0 Å². The molecule has 1 N–H and O–H groups in total. The Bertz CT molecular complexity index is 282. The van der Waals surface area contributed by atoms with Crippen molar-refractivity contribution in [1.82, 2.24) is 4.90 Å². The second-order valence-corrected chi connectivity index (χ2v) is 6.42. The van der Waals surface area contributed by atoms with Crippen molar-refractivity contribution in [2.45, 2.75) is 70.3 Å². The Kier molecular flexibility index (Phi) is 4.66. The summed E-state index contributed by atoms with van der Waals surface area (Å²) in [7, 11) is 0. The lowest BCUT2D eigenvalue weighted by Crippen LogP contribution is -2.33. The zero-order valence-corrected chi connectivity index (χ0v) is 11.7. The van der Waals surface area contributed by atoms with Crippen molar-refractivity contribution in [2.75, 3.05) is 13.1 Å². The molecule has 2 fully saturated rings. The van der Waals surface area contributed by atoms with Crippen LogP contribution in [0.25, 0.3) is 0 Å². The van der Waals surface area contributed by atoms with Gasteiger partial charge in [0.15, 0.2) is 0 Å². The van der Waals surface area contributed by atoms with Gasteiger partial charge < -0.3 is 10.0 Å². The molecule has 0 aromatic carbocycles. The maximum atomic E-state index is 12.2. The first-order valence-corrected chi connectivity index (χ1v) is 7.57. The van der Waals surface area contributed by atoms with Crippen molar-refractivity contribution < 1.29 is 9.90 Å². The van der Waals surface area contributed by atoms with Crippen molar-refractivity contribution in [1.29, 1.82) is 0 Å². The Morgan fingerprint density at radius 1 is 1.22 bits per heavy atom. The van der Waals surface area contributed by atoms with Crippen LogP contribution in [-0.4, -0.2) is 34.6 Å². The topological polar surface area (TPSA) is 40.5 Å².